The predicted molar refractivity (Wildman–Crippen MR) is 107 cm³/mol. The Morgan fingerprint density at radius 3 is 2.43 bits per heavy atom. The molecule has 136 valence electrons. The third-order valence-electron chi connectivity index (χ3n) is 4.91. The van der Waals surface area contributed by atoms with Crippen LogP contribution in [0.15, 0.2) is 4.99 Å². The summed E-state index contributed by atoms with van der Waals surface area (Å²) in [6.07, 6.45) is 10.3. The van der Waals surface area contributed by atoms with Gasteiger partial charge in [-0.25, -0.2) is 8.42 Å². The van der Waals surface area contributed by atoms with E-state index in [4.69, 9.17) is 0 Å². The van der Waals surface area contributed by atoms with Crippen LogP contribution in [0.5, 0.6) is 0 Å². The summed E-state index contributed by atoms with van der Waals surface area (Å²) in [5, 5.41) is 6.61. The zero-order chi connectivity index (χ0) is 15.8. The van der Waals surface area contributed by atoms with E-state index < -0.39 is 9.84 Å². The van der Waals surface area contributed by atoms with Gasteiger partial charge >= 0.3 is 0 Å². The first-order chi connectivity index (χ1) is 10.6. The van der Waals surface area contributed by atoms with E-state index in [1.54, 1.807) is 7.05 Å². The summed E-state index contributed by atoms with van der Waals surface area (Å²) in [6, 6.07) is 0. The van der Waals surface area contributed by atoms with Gasteiger partial charge in [0.15, 0.2) is 15.8 Å². The number of rotatable bonds is 6. The Kier molecular flexibility index (Phi) is 9.80. The summed E-state index contributed by atoms with van der Waals surface area (Å²) in [4.78, 5) is 4.21. The van der Waals surface area contributed by atoms with Crippen molar-refractivity contribution in [2.24, 2.45) is 16.8 Å². The van der Waals surface area contributed by atoms with Gasteiger partial charge in [0, 0.05) is 20.1 Å². The molecule has 1 atom stereocenters. The molecule has 1 aliphatic carbocycles. The number of sulfone groups is 1. The minimum Gasteiger partial charge on any atom is -0.356 e. The van der Waals surface area contributed by atoms with Crippen LogP contribution in [-0.2, 0) is 9.84 Å². The second-order valence-electron chi connectivity index (χ2n) is 6.80. The number of guanidine groups is 1. The predicted octanol–water partition coefficient (Wildman–Crippen LogP) is 2.56. The lowest BCUT2D eigenvalue weighted by molar-refractivity contribution is 0.332. The molecule has 1 heterocycles. The monoisotopic (exact) mass is 457 g/mol. The summed E-state index contributed by atoms with van der Waals surface area (Å²) in [5.41, 5.74) is 0. The molecule has 0 aromatic carbocycles. The smallest absolute Gasteiger partial charge is 0.190 e. The van der Waals surface area contributed by atoms with Gasteiger partial charge in [0.1, 0.15) is 0 Å². The van der Waals surface area contributed by atoms with Gasteiger partial charge in [0.2, 0.25) is 0 Å². The summed E-state index contributed by atoms with van der Waals surface area (Å²) >= 11 is 0. The highest BCUT2D eigenvalue weighted by molar-refractivity contribution is 14.0. The zero-order valence-corrected chi connectivity index (χ0v) is 17.4. The van der Waals surface area contributed by atoms with Crippen molar-refractivity contribution in [2.45, 2.75) is 51.4 Å². The van der Waals surface area contributed by atoms with Gasteiger partial charge in [-0.15, -0.1) is 24.0 Å². The van der Waals surface area contributed by atoms with Gasteiger partial charge in [-0.2, -0.15) is 0 Å². The number of nitrogens with one attached hydrogen (secondary N) is 2. The topological polar surface area (TPSA) is 70.6 Å². The molecule has 7 heteroatoms. The Morgan fingerprint density at radius 1 is 1.09 bits per heavy atom. The molecule has 1 saturated heterocycles. The molecule has 1 aliphatic heterocycles. The van der Waals surface area contributed by atoms with Gasteiger partial charge in [-0.1, -0.05) is 32.1 Å². The fourth-order valence-corrected chi connectivity index (χ4v) is 5.43. The third-order valence-corrected chi connectivity index (χ3v) is 6.75. The van der Waals surface area contributed by atoms with Crippen LogP contribution in [0.3, 0.4) is 0 Å². The molecule has 0 aromatic rings. The molecule has 2 aliphatic rings. The highest BCUT2D eigenvalue weighted by Gasteiger charge is 2.27. The first kappa shape index (κ1) is 21.0. The molecule has 0 aromatic heterocycles. The van der Waals surface area contributed by atoms with Gasteiger partial charge in [-0.05, 0) is 31.1 Å². The molecule has 5 nitrogen and oxygen atoms in total. The standard InChI is InChI=1S/C16H31N3O2S.HI/c1-17-16(19-12-15-9-11-22(20,21)13-15)18-10-5-8-14-6-3-2-4-7-14;/h14-15H,2-13H2,1H3,(H2,17,18,19);1H. The Bertz CT molecular complexity index is 462. The largest absolute Gasteiger partial charge is 0.356 e. The van der Waals surface area contributed by atoms with Crippen LogP contribution < -0.4 is 10.6 Å². The summed E-state index contributed by atoms with van der Waals surface area (Å²) in [7, 11) is -1.02. The van der Waals surface area contributed by atoms with Crippen LogP contribution in [0.1, 0.15) is 51.4 Å². The molecule has 1 unspecified atom stereocenters. The van der Waals surface area contributed by atoms with Crippen LogP contribution in [0.4, 0.5) is 0 Å². The fraction of sp³-hybridized carbons (Fsp3) is 0.938. The van der Waals surface area contributed by atoms with Crippen LogP contribution in [0, 0.1) is 11.8 Å². The Hall–Kier alpha value is -0.0500. The summed E-state index contributed by atoms with van der Waals surface area (Å²) in [5.74, 6) is 2.61. The van der Waals surface area contributed by atoms with E-state index in [0.717, 1.165) is 24.8 Å². The highest BCUT2D eigenvalue weighted by atomic mass is 127. The molecular formula is C16H32IN3O2S. The summed E-state index contributed by atoms with van der Waals surface area (Å²) < 4.78 is 22.9. The number of nitrogens with zero attached hydrogens (tertiary/aromatic N) is 1. The second-order valence-corrected chi connectivity index (χ2v) is 9.02. The highest BCUT2D eigenvalue weighted by Crippen LogP contribution is 2.26. The fourth-order valence-electron chi connectivity index (χ4n) is 3.57. The van der Waals surface area contributed by atoms with Crippen molar-refractivity contribution in [1.29, 1.82) is 0 Å². The van der Waals surface area contributed by atoms with Crippen LogP contribution in [0.2, 0.25) is 0 Å². The lowest BCUT2D eigenvalue weighted by atomic mass is 9.86. The number of hydrogen-bond donors (Lipinski definition) is 2. The van der Waals surface area contributed by atoms with E-state index in [0.29, 0.717) is 18.1 Å². The van der Waals surface area contributed by atoms with Crippen LogP contribution in [-0.4, -0.2) is 46.0 Å². The van der Waals surface area contributed by atoms with Crippen molar-refractivity contribution in [3.63, 3.8) is 0 Å². The maximum absolute atomic E-state index is 11.4. The van der Waals surface area contributed by atoms with Crippen molar-refractivity contribution in [1.82, 2.24) is 10.6 Å². The average molecular weight is 457 g/mol. The van der Waals surface area contributed by atoms with Crippen molar-refractivity contribution in [3.8, 4) is 0 Å². The molecule has 2 rings (SSSR count). The minimum atomic E-state index is -2.78. The van der Waals surface area contributed by atoms with E-state index in [1.165, 1.54) is 44.9 Å². The third kappa shape index (κ3) is 8.05. The van der Waals surface area contributed by atoms with Crippen molar-refractivity contribution >= 4 is 39.8 Å². The molecule has 23 heavy (non-hydrogen) atoms. The maximum Gasteiger partial charge on any atom is 0.190 e. The number of aliphatic imine (C=N–C) groups is 1. The van der Waals surface area contributed by atoms with E-state index in [2.05, 4.69) is 15.6 Å². The Balaban J connectivity index is 0.00000264. The molecule has 2 fully saturated rings. The molecule has 1 saturated carbocycles. The molecule has 0 spiro atoms. The number of hydrogen-bond acceptors (Lipinski definition) is 3. The van der Waals surface area contributed by atoms with Gasteiger partial charge in [0.25, 0.3) is 0 Å². The molecule has 0 amide bonds. The van der Waals surface area contributed by atoms with Crippen LogP contribution in [0.25, 0.3) is 0 Å². The molecule has 2 N–H and O–H groups in total. The SMILES string of the molecule is CN=C(NCCCC1CCCCC1)NCC1CCS(=O)(=O)C1.I. The first-order valence-corrected chi connectivity index (χ1v) is 10.6. The summed E-state index contributed by atoms with van der Waals surface area (Å²) in [6.45, 7) is 1.64. The van der Waals surface area contributed by atoms with E-state index in [9.17, 15) is 8.42 Å². The molecule has 0 radical (unpaired) electrons. The maximum atomic E-state index is 11.4. The quantitative estimate of drug-likeness (QED) is 0.279. The molecule has 0 bridgehead atoms. The van der Waals surface area contributed by atoms with E-state index in [1.807, 2.05) is 0 Å². The van der Waals surface area contributed by atoms with Crippen molar-refractivity contribution in [2.75, 3.05) is 31.6 Å². The normalized spacial score (nSPS) is 24.9. The first-order valence-electron chi connectivity index (χ1n) is 8.74. The van der Waals surface area contributed by atoms with E-state index >= 15 is 0 Å². The van der Waals surface area contributed by atoms with Crippen molar-refractivity contribution < 1.29 is 8.42 Å². The van der Waals surface area contributed by atoms with Gasteiger partial charge < -0.3 is 10.6 Å². The lowest BCUT2D eigenvalue weighted by Crippen LogP contribution is -2.40. The zero-order valence-electron chi connectivity index (χ0n) is 14.2. The Morgan fingerprint density at radius 2 is 1.83 bits per heavy atom. The van der Waals surface area contributed by atoms with Crippen molar-refractivity contribution in [3.05, 3.63) is 0 Å². The lowest BCUT2D eigenvalue weighted by Gasteiger charge is -2.21. The average Bonchev–Trinajstić information content (AvgIpc) is 2.87. The van der Waals surface area contributed by atoms with Gasteiger partial charge in [0.05, 0.1) is 11.5 Å². The number of halogens is 1. The van der Waals surface area contributed by atoms with E-state index in [-0.39, 0.29) is 29.9 Å². The molecular weight excluding hydrogens is 425 g/mol. The second kappa shape index (κ2) is 10.7. The Labute approximate surface area is 158 Å². The van der Waals surface area contributed by atoms with Crippen LogP contribution >= 0.6 is 24.0 Å². The minimum absolute atomic E-state index is 0. The van der Waals surface area contributed by atoms with Gasteiger partial charge in [-0.3, -0.25) is 4.99 Å².